The van der Waals surface area contributed by atoms with Gasteiger partial charge >= 0.3 is 0 Å². The Labute approximate surface area is 64.2 Å². The molecular weight excluding hydrogens is 148 g/mol. The number of nitrogens with zero attached hydrogens (tertiary/aromatic N) is 2. The fraction of sp³-hybridized carbons (Fsp3) is 0.833. The standard InChI is InChI=1S/C6H12N2OS/c1-3-10(9)8(2)6-4-5-7/h3-4,6H2,1-2H3. The van der Waals surface area contributed by atoms with E-state index in [0.29, 0.717) is 18.7 Å². The van der Waals surface area contributed by atoms with Gasteiger partial charge in [-0.25, -0.2) is 8.51 Å². The van der Waals surface area contributed by atoms with Gasteiger partial charge in [-0.05, 0) is 7.05 Å². The third-order valence-electron chi connectivity index (χ3n) is 1.13. The first-order valence-corrected chi connectivity index (χ1v) is 4.46. The molecule has 0 fully saturated rings. The van der Waals surface area contributed by atoms with Gasteiger partial charge in [0.15, 0.2) is 0 Å². The zero-order valence-corrected chi connectivity index (χ0v) is 7.15. The summed E-state index contributed by atoms with van der Waals surface area (Å²) in [6, 6.07) is 2.00. The van der Waals surface area contributed by atoms with E-state index in [0.717, 1.165) is 0 Å². The zero-order valence-electron chi connectivity index (χ0n) is 6.33. The van der Waals surface area contributed by atoms with Crippen LogP contribution in [0.25, 0.3) is 0 Å². The van der Waals surface area contributed by atoms with Crippen LogP contribution in [-0.2, 0) is 11.0 Å². The van der Waals surface area contributed by atoms with Crippen LogP contribution in [0.4, 0.5) is 0 Å². The second kappa shape index (κ2) is 5.39. The molecule has 0 aliphatic heterocycles. The van der Waals surface area contributed by atoms with Crippen LogP contribution in [0, 0.1) is 11.3 Å². The Hall–Kier alpha value is -0.400. The van der Waals surface area contributed by atoms with Crippen LogP contribution >= 0.6 is 0 Å². The lowest BCUT2D eigenvalue weighted by molar-refractivity contribution is 0.533. The lowest BCUT2D eigenvalue weighted by Crippen LogP contribution is -2.23. The molecule has 0 aliphatic rings. The number of rotatable bonds is 4. The normalized spacial score (nSPS) is 13.0. The highest BCUT2D eigenvalue weighted by molar-refractivity contribution is 7.82. The molecule has 1 unspecified atom stereocenters. The SMILES string of the molecule is CCS(=O)N(C)CCC#N. The van der Waals surface area contributed by atoms with E-state index in [1.54, 1.807) is 11.4 Å². The first-order valence-electron chi connectivity index (χ1n) is 3.19. The zero-order chi connectivity index (χ0) is 7.98. The molecule has 0 bridgehead atoms. The summed E-state index contributed by atoms with van der Waals surface area (Å²) in [5, 5.41) is 8.19. The first kappa shape index (κ1) is 9.60. The summed E-state index contributed by atoms with van der Waals surface area (Å²) in [5.74, 6) is 0.627. The molecule has 58 valence electrons. The van der Waals surface area contributed by atoms with E-state index < -0.39 is 11.0 Å². The highest BCUT2D eigenvalue weighted by Gasteiger charge is 2.02. The summed E-state index contributed by atoms with van der Waals surface area (Å²) in [4.78, 5) is 0. The summed E-state index contributed by atoms with van der Waals surface area (Å²) >= 11 is 0. The largest absolute Gasteiger partial charge is 0.243 e. The van der Waals surface area contributed by atoms with Crippen LogP contribution in [0.5, 0.6) is 0 Å². The summed E-state index contributed by atoms with van der Waals surface area (Å²) in [6.07, 6.45) is 0.447. The van der Waals surface area contributed by atoms with Gasteiger partial charge in [-0.3, -0.25) is 0 Å². The molecule has 0 saturated carbocycles. The second-order valence-corrected chi connectivity index (χ2v) is 3.71. The molecule has 0 spiro atoms. The predicted molar refractivity (Wildman–Crippen MR) is 41.5 cm³/mol. The van der Waals surface area contributed by atoms with Gasteiger partial charge in [-0.15, -0.1) is 0 Å². The van der Waals surface area contributed by atoms with Crippen molar-refractivity contribution < 1.29 is 4.21 Å². The van der Waals surface area contributed by atoms with Gasteiger partial charge < -0.3 is 0 Å². The van der Waals surface area contributed by atoms with Gasteiger partial charge in [0.25, 0.3) is 0 Å². The first-order chi connectivity index (χ1) is 4.72. The third kappa shape index (κ3) is 3.59. The van der Waals surface area contributed by atoms with E-state index in [9.17, 15) is 4.21 Å². The Morgan fingerprint density at radius 3 is 2.70 bits per heavy atom. The smallest absolute Gasteiger partial charge is 0.0937 e. The minimum atomic E-state index is -0.891. The maximum absolute atomic E-state index is 10.9. The predicted octanol–water partition coefficient (Wildman–Crippen LogP) is 0.515. The van der Waals surface area contributed by atoms with Gasteiger partial charge in [0.2, 0.25) is 0 Å². The Morgan fingerprint density at radius 2 is 2.30 bits per heavy atom. The average Bonchev–Trinajstić information content (AvgIpc) is 1.98. The average molecular weight is 160 g/mol. The van der Waals surface area contributed by atoms with Gasteiger partial charge in [-0.1, -0.05) is 6.92 Å². The molecule has 3 nitrogen and oxygen atoms in total. The molecular formula is C6H12N2OS. The molecule has 0 heterocycles. The Bertz CT molecular complexity index is 152. The lowest BCUT2D eigenvalue weighted by Gasteiger charge is -2.11. The van der Waals surface area contributed by atoms with Crippen LogP contribution in [0.15, 0.2) is 0 Å². The van der Waals surface area contributed by atoms with E-state index in [2.05, 4.69) is 0 Å². The van der Waals surface area contributed by atoms with Gasteiger partial charge in [0, 0.05) is 18.7 Å². The molecule has 0 radical (unpaired) electrons. The van der Waals surface area contributed by atoms with E-state index in [-0.39, 0.29) is 0 Å². The number of nitriles is 1. The highest BCUT2D eigenvalue weighted by atomic mass is 32.2. The van der Waals surface area contributed by atoms with E-state index in [1.165, 1.54) is 0 Å². The fourth-order valence-electron chi connectivity index (χ4n) is 0.530. The van der Waals surface area contributed by atoms with E-state index in [1.807, 2.05) is 13.0 Å². The molecule has 0 aromatic carbocycles. The molecule has 0 amide bonds. The molecule has 10 heavy (non-hydrogen) atoms. The Balaban J connectivity index is 3.53. The Kier molecular flexibility index (Phi) is 5.17. The molecule has 0 N–H and O–H groups in total. The van der Waals surface area contributed by atoms with Crippen LogP contribution in [0.3, 0.4) is 0 Å². The lowest BCUT2D eigenvalue weighted by atomic mass is 10.5. The van der Waals surface area contributed by atoms with Crippen LogP contribution in [0.1, 0.15) is 13.3 Å². The van der Waals surface area contributed by atoms with Crippen molar-refractivity contribution in [2.45, 2.75) is 13.3 Å². The van der Waals surface area contributed by atoms with Crippen molar-refractivity contribution in [1.82, 2.24) is 4.31 Å². The van der Waals surface area contributed by atoms with Crippen molar-refractivity contribution in [2.24, 2.45) is 0 Å². The molecule has 0 saturated heterocycles. The fourth-order valence-corrected chi connectivity index (χ4v) is 1.27. The van der Waals surface area contributed by atoms with Gasteiger partial charge in [0.05, 0.1) is 17.1 Å². The van der Waals surface area contributed by atoms with Crippen molar-refractivity contribution in [1.29, 1.82) is 5.26 Å². The van der Waals surface area contributed by atoms with Crippen LogP contribution < -0.4 is 0 Å². The topological polar surface area (TPSA) is 44.1 Å². The minimum absolute atomic E-state index is 0.447. The van der Waals surface area contributed by atoms with E-state index >= 15 is 0 Å². The van der Waals surface area contributed by atoms with Crippen molar-refractivity contribution in [3.63, 3.8) is 0 Å². The number of hydrogen-bond acceptors (Lipinski definition) is 2. The summed E-state index contributed by atoms with van der Waals surface area (Å²) in [7, 11) is 0.870. The summed E-state index contributed by atoms with van der Waals surface area (Å²) in [5.41, 5.74) is 0. The van der Waals surface area contributed by atoms with Crippen molar-refractivity contribution >= 4 is 11.0 Å². The maximum Gasteiger partial charge on any atom is 0.0937 e. The second-order valence-electron chi connectivity index (χ2n) is 1.87. The van der Waals surface area contributed by atoms with Gasteiger partial charge in [0.1, 0.15) is 0 Å². The van der Waals surface area contributed by atoms with Crippen molar-refractivity contribution in [2.75, 3.05) is 19.3 Å². The van der Waals surface area contributed by atoms with Gasteiger partial charge in [-0.2, -0.15) is 5.26 Å². The molecule has 0 aliphatic carbocycles. The van der Waals surface area contributed by atoms with Crippen LogP contribution in [0.2, 0.25) is 0 Å². The summed E-state index contributed by atoms with van der Waals surface area (Å²) in [6.45, 7) is 2.45. The van der Waals surface area contributed by atoms with Crippen molar-refractivity contribution in [3.05, 3.63) is 0 Å². The monoisotopic (exact) mass is 160 g/mol. The molecule has 0 aromatic rings. The molecule has 0 rings (SSSR count). The molecule has 1 atom stereocenters. The molecule has 4 heteroatoms. The van der Waals surface area contributed by atoms with Crippen molar-refractivity contribution in [3.8, 4) is 6.07 Å². The minimum Gasteiger partial charge on any atom is -0.243 e. The van der Waals surface area contributed by atoms with Crippen LogP contribution in [-0.4, -0.2) is 27.9 Å². The summed E-state index contributed by atoms with van der Waals surface area (Å²) < 4.78 is 12.6. The van der Waals surface area contributed by atoms with E-state index in [4.69, 9.17) is 5.26 Å². The number of hydrogen-bond donors (Lipinski definition) is 0. The third-order valence-corrected chi connectivity index (χ3v) is 2.50. The quantitative estimate of drug-likeness (QED) is 0.601. The Morgan fingerprint density at radius 1 is 1.70 bits per heavy atom. The molecule has 0 aromatic heterocycles. The maximum atomic E-state index is 10.9. The highest BCUT2D eigenvalue weighted by Crippen LogP contribution is 1.91.